The summed E-state index contributed by atoms with van der Waals surface area (Å²) in [5.41, 5.74) is 0. The third-order valence-electron chi connectivity index (χ3n) is 0. The van der Waals surface area contributed by atoms with E-state index in [9.17, 15) is 0 Å². The van der Waals surface area contributed by atoms with Gasteiger partial charge in [0.05, 0.1) is 0 Å². The topological polar surface area (TPSA) is 0 Å². The monoisotopic (exact) mass is 9620 g/mol. The van der Waals surface area contributed by atoms with Gasteiger partial charge in [-0.15, -0.1) is 0 Å². The molecule has 0 aliphatic rings. The Morgan fingerprint density at radius 2 is 0.0278 bits per heavy atom. The van der Waals surface area contributed by atoms with E-state index in [-0.39, 0.29) is 0 Å². The molecule has 36 heteroatoms. The molecule has 0 rings (SSSR count). The zero-order valence-corrected chi connectivity index (χ0v) is 256. The van der Waals surface area contributed by atoms with Gasteiger partial charge in [-0.3, -0.25) is 0 Å². The van der Waals surface area contributed by atoms with E-state index >= 15 is 0 Å². The molecular weight excluding hydrogens is 9610 g/mol. The summed E-state index contributed by atoms with van der Waals surface area (Å²) < 4.78 is 0. The normalized spacial score (nSPS) is 0. The molecule has 0 aromatic carbocycles. The Labute approximate surface area is 0 Å². The first-order chi connectivity index (χ1) is 0. The van der Waals surface area contributed by atoms with Crippen LogP contribution in [0.4, 0.5) is 0 Å². The molecule has 0 saturated heterocycles. The molecule has 0 aliphatic carbocycles. The zero-order valence-electron chi connectivity index (χ0n) is 25.5. The standard InChI is InChI=1S/36Rf. The van der Waals surface area contributed by atoms with E-state index in [1.54, 1.807) is 0 Å². The fourth-order valence-electron chi connectivity index (χ4n) is 0. The number of rotatable bonds is 0. The average molecular weight is 9610 g/mol. The molecule has 0 amide bonds. The molecule has 0 spiro atoms. The summed E-state index contributed by atoms with van der Waals surface area (Å²) in [6.07, 6.45) is 0. The second-order valence-electron chi connectivity index (χ2n) is 0. The van der Waals surface area contributed by atoms with Crippen LogP contribution in [0.2, 0.25) is 0 Å². The third kappa shape index (κ3) is -0.0139. The van der Waals surface area contributed by atoms with E-state index in [1.165, 1.54) is 0 Å². The van der Waals surface area contributed by atoms with Gasteiger partial charge >= 0.3 is 0 Å². The van der Waals surface area contributed by atoms with Crippen molar-refractivity contribution in [3.05, 3.63) is 0 Å². The molecule has 0 aliphatic heterocycles. The zero-order chi connectivity index (χ0) is 0. The summed E-state index contributed by atoms with van der Waals surface area (Å²) in [5, 5.41) is 0. The second-order valence-corrected chi connectivity index (χ2v) is 0. The van der Waals surface area contributed by atoms with Gasteiger partial charge in [0.15, 0.2) is 0 Å². The Bertz CT molecular complexity index is 0. The number of hydrogen-bond acceptors (Lipinski definition) is 0. The van der Waals surface area contributed by atoms with Crippen LogP contribution in [0.3, 0.4) is 0 Å². The molecule has 0 saturated carbocycles. The van der Waals surface area contributed by atoms with Crippen LogP contribution in [0.5, 0.6) is 0 Å². The van der Waals surface area contributed by atoms with Crippen LogP contribution >= 0.6 is 0 Å². The molecule has 0 fully saturated rings. The smallest absolute Gasteiger partial charge is 0 e. The Kier molecular flexibility index (Phi) is 0. The largest absolute Gasteiger partial charge is 0 e. The summed E-state index contributed by atoms with van der Waals surface area (Å²) in [4.78, 5) is 0. The van der Waals surface area contributed by atoms with Crippen molar-refractivity contribution in [1.82, 2.24) is 0 Å². The van der Waals surface area contributed by atoms with Gasteiger partial charge in [-0.05, 0) is 0 Å². The predicted octanol–water partition coefficient (Wildman–Crippen LogP) is 0. The van der Waals surface area contributed by atoms with Gasteiger partial charge in [0.1, 0.15) is 0 Å². The summed E-state index contributed by atoms with van der Waals surface area (Å²) in [6, 6.07) is 0. The second kappa shape index (κ2) is -0.00309. The van der Waals surface area contributed by atoms with Crippen molar-refractivity contribution in [2.24, 2.45) is 0 Å². The van der Waals surface area contributed by atoms with Crippen molar-refractivity contribution in [2.75, 3.05) is 0 Å². The predicted molar refractivity (Wildman–Crippen MR) is 0 cm³/mol. The van der Waals surface area contributed by atoms with E-state index in [2.05, 4.69) is 0 Å². The molecule has 0 aromatic rings. The SMILES string of the molecule is [Rf].[Rf].[Rf].[Rf].[Rf].[Rf].[Rf].[Rf].[Rf].[Rf].[Rf].[Rf].[Rf].[Rf].[Rf].[Rf].[Rf].[Rf].[Rf].[Rf].[Rf].[Rf].[Rf].[Rf].[Rf].[Rf].[Rf].[Rf].[Rf].[Rf].[Rf].[Rf].[Rf].[Rf].[Rf].[Rf]. The van der Waals surface area contributed by atoms with Gasteiger partial charge in [-0.2, -0.15) is 0 Å². The average Bonchev–Trinajstić information content (AvgIpc) is 0. The maximum absolute atomic E-state index is 0. The van der Waals surface area contributed by atoms with Crippen LogP contribution in [0.25, 0.3) is 0 Å². The van der Waals surface area contributed by atoms with Crippen LogP contribution in [-0.4, -0.2) is 0 Å². The molecule has 0 N–H and O–H groups in total. The van der Waals surface area contributed by atoms with Crippen LogP contribution < -0.4 is 0 Å². The minimum atomic E-state index is 0. The van der Waals surface area contributed by atoms with Crippen LogP contribution in [0.15, 0.2) is 0 Å². The van der Waals surface area contributed by atoms with Crippen LogP contribution in [0, 0.1) is 0 Å². The van der Waals surface area contributed by atoms with E-state index < -0.39 is 0 Å². The third-order valence-corrected chi connectivity index (χ3v) is 0. The van der Waals surface area contributed by atoms with Gasteiger partial charge in [0.2, 0.25) is 0 Å². The van der Waals surface area contributed by atoms with E-state index in [1.807, 2.05) is 0 Å². The molecule has 0 atom stereocenters. The quantitative estimate of drug-likeness (QED) is 0.321. The maximum Gasteiger partial charge on any atom is 0 e. The number of hydrogen-bond donors (Lipinski definition) is 0. The summed E-state index contributed by atoms with van der Waals surface area (Å²) >= 11 is 0. The fraction of sp³-hybridized carbons (Fsp3) is 0. The van der Waals surface area contributed by atoms with Crippen molar-refractivity contribution in [3.8, 4) is 0 Å². The van der Waals surface area contributed by atoms with Gasteiger partial charge in [0.25, 0.3) is 0 Å². The first-order valence-electron chi connectivity index (χ1n) is 0. The Hall–Kier alpha value is -36.0. The Morgan fingerprint density at radius 3 is 0.0278 bits per heavy atom. The molecule has 0 radical (unpaired) electrons. The summed E-state index contributed by atoms with van der Waals surface area (Å²) in [5.74, 6) is 0. The minimum Gasteiger partial charge on any atom is 0 e. The molecule has 0 heterocycles. The molecule has 0 nitrogen and oxygen atoms in total. The molecule has 72 valence electrons. The van der Waals surface area contributed by atoms with Crippen molar-refractivity contribution >= 4 is 0 Å². The first kappa shape index (κ1) is 0. The molecular formula is Rf36. The van der Waals surface area contributed by atoms with Gasteiger partial charge in [-0.25, -0.2) is 0 Å². The molecule has 0 aromatic heterocycles. The van der Waals surface area contributed by atoms with E-state index in [4.69, 9.17) is 0 Å². The van der Waals surface area contributed by atoms with Crippen molar-refractivity contribution < 1.29 is 0 Å². The Balaban J connectivity index is 0. The van der Waals surface area contributed by atoms with Crippen molar-refractivity contribution in [2.45, 2.75) is 0 Å². The molecule has 36 heavy (non-hydrogen) atoms. The van der Waals surface area contributed by atoms with Crippen LogP contribution in [0.1, 0.15) is 0 Å². The Morgan fingerprint density at radius 1 is 0.0278 bits per heavy atom. The van der Waals surface area contributed by atoms with E-state index in [0.717, 1.165) is 0 Å². The van der Waals surface area contributed by atoms with Crippen LogP contribution in [-0.2, 0) is 0 Å². The van der Waals surface area contributed by atoms with Crippen molar-refractivity contribution in [1.29, 1.82) is 0 Å². The molecule has 0 bridgehead atoms. The maximum atomic E-state index is 0. The summed E-state index contributed by atoms with van der Waals surface area (Å²) in [6.45, 7) is 0. The van der Waals surface area contributed by atoms with Gasteiger partial charge < -0.3 is 0 Å². The van der Waals surface area contributed by atoms with Crippen molar-refractivity contribution in [3.63, 3.8) is 0 Å². The fourth-order valence-corrected chi connectivity index (χ4v) is 0. The van der Waals surface area contributed by atoms with Gasteiger partial charge in [0, 0.05) is 0 Å². The minimum absolute atomic E-state index is 0. The van der Waals surface area contributed by atoms with Gasteiger partial charge in [-0.1, -0.05) is 0 Å². The van der Waals surface area contributed by atoms with E-state index in [0.29, 0.717) is 0 Å². The first-order valence-corrected chi connectivity index (χ1v) is 0. The summed E-state index contributed by atoms with van der Waals surface area (Å²) in [7, 11) is 0. The molecule has 0 unspecified atom stereocenters.